The van der Waals surface area contributed by atoms with E-state index < -0.39 is 0 Å². The van der Waals surface area contributed by atoms with E-state index in [1.54, 1.807) is 0 Å². The number of rotatable bonds is 1. The van der Waals surface area contributed by atoms with Crippen molar-refractivity contribution in [1.29, 1.82) is 0 Å². The van der Waals surface area contributed by atoms with E-state index in [2.05, 4.69) is 91.0 Å². The zero-order valence-corrected chi connectivity index (χ0v) is 18.7. The van der Waals surface area contributed by atoms with Gasteiger partial charge < -0.3 is 4.57 Å². The molecule has 0 fully saturated rings. The van der Waals surface area contributed by atoms with E-state index in [0.29, 0.717) is 0 Å². The molecule has 3 heteroatoms. The minimum absolute atomic E-state index is 0.00746. The van der Waals surface area contributed by atoms with Gasteiger partial charge >= 0.3 is 0 Å². The van der Waals surface area contributed by atoms with Crippen LogP contribution in [0.2, 0.25) is 0 Å². The summed E-state index contributed by atoms with van der Waals surface area (Å²) < 4.78 is 3.90. The molecule has 0 aliphatic carbocycles. The third kappa shape index (κ3) is 2.01. The van der Waals surface area contributed by atoms with E-state index in [0.717, 1.165) is 11.9 Å². The molecular weight excluding hydrogens is 396 g/mol. The van der Waals surface area contributed by atoms with Crippen LogP contribution in [0.25, 0.3) is 48.5 Å². The molecule has 0 radical (unpaired) electrons. The average molecular weight is 419 g/mol. The molecule has 1 atom stereocenters. The molecular formula is C28H22N2S. The van der Waals surface area contributed by atoms with E-state index in [-0.39, 0.29) is 5.41 Å². The molecule has 0 amide bonds. The molecule has 6 aromatic rings. The van der Waals surface area contributed by atoms with Gasteiger partial charge in [-0.1, -0.05) is 49.7 Å². The van der Waals surface area contributed by atoms with Crippen LogP contribution >= 0.6 is 11.3 Å². The van der Waals surface area contributed by atoms with Crippen LogP contribution in [0.3, 0.4) is 0 Å². The van der Waals surface area contributed by atoms with Crippen LogP contribution < -0.4 is 0 Å². The van der Waals surface area contributed by atoms with Crippen molar-refractivity contribution in [2.45, 2.75) is 32.6 Å². The lowest BCUT2D eigenvalue weighted by atomic mass is 9.75. The Morgan fingerprint density at radius 3 is 2.71 bits per heavy atom. The maximum atomic E-state index is 4.67. The first-order chi connectivity index (χ1) is 15.1. The molecule has 7 rings (SSSR count). The average Bonchev–Trinajstić information content (AvgIpc) is 3.34. The van der Waals surface area contributed by atoms with Crippen molar-refractivity contribution < 1.29 is 0 Å². The third-order valence-corrected chi connectivity index (χ3v) is 8.79. The summed E-state index contributed by atoms with van der Waals surface area (Å²) in [5, 5.41) is 5.30. The summed E-state index contributed by atoms with van der Waals surface area (Å²) in [6, 6.07) is 22.5. The number of thiophene rings is 1. The van der Waals surface area contributed by atoms with E-state index in [1.165, 1.54) is 59.0 Å². The standard InChI is InChI=1S/C28H22N2S/c1-4-28(3)20-9-5-7-17-19-15-16(2)10-12-22(19)30(25(17)20)26-24-18-8-6-14-29-21(18)11-13-23(24)31-27(26)28/h5-15H,4H2,1-3H3. The SMILES string of the molecule is CCC1(C)c2sc3ccc4ncccc4c3c2-n2c3ccc(C)cc3c3cccc1c32. The number of hydrogen-bond donors (Lipinski definition) is 0. The van der Waals surface area contributed by atoms with Crippen molar-refractivity contribution in [1.82, 2.24) is 9.55 Å². The molecule has 1 aliphatic rings. The molecule has 0 N–H and O–H groups in total. The Morgan fingerprint density at radius 1 is 0.968 bits per heavy atom. The Hall–Kier alpha value is -3.17. The number of pyridine rings is 1. The minimum atomic E-state index is -0.00746. The maximum absolute atomic E-state index is 4.67. The van der Waals surface area contributed by atoms with Crippen LogP contribution in [0.5, 0.6) is 0 Å². The second kappa shape index (κ2) is 5.74. The van der Waals surface area contributed by atoms with Gasteiger partial charge in [0.25, 0.3) is 0 Å². The fourth-order valence-electron chi connectivity index (χ4n) is 5.65. The third-order valence-electron chi connectivity index (χ3n) is 7.38. The van der Waals surface area contributed by atoms with Gasteiger partial charge in [-0.15, -0.1) is 11.3 Å². The Balaban J connectivity index is 1.82. The highest BCUT2D eigenvalue weighted by Gasteiger charge is 2.40. The van der Waals surface area contributed by atoms with Crippen molar-refractivity contribution in [3.05, 3.63) is 82.9 Å². The Labute approximate surface area is 184 Å². The van der Waals surface area contributed by atoms with E-state index in [9.17, 15) is 0 Å². The van der Waals surface area contributed by atoms with Crippen molar-refractivity contribution in [2.75, 3.05) is 0 Å². The number of fused-ring (bicyclic) bond motifs is 9. The van der Waals surface area contributed by atoms with Gasteiger partial charge in [-0.3, -0.25) is 4.98 Å². The van der Waals surface area contributed by atoms with Gasteiger partial charge in [0.1, 0.15) is 0 Å². The molecule has 1 aliphatic heterocycles. The first-order valence-electron chi connectivity index (χ1n) is 11.0. The Kier molecular flexibility index (Phi) is 3.24. The van der Waals surface area contributed by atoms with Crippen LogP contribution in [0.15, 0.2) is 66.9 Å². The molecule has 150 valence electrons. The van der Waals surface area contributed by atoms with Gasteiger partial charge in [-0.2, -0.15) is 0 Å². The van der Waals surface area contributed by atoms with Crippen LogP contribution in [0.1, 0.15) is 36.3 Å². The van der Waals surface area contributed by atoms with Gasteiger partial charge in [0, 0.05) is 42.7 Å². The fraction of sp³-hybridized carbons (Fsp3) is 0.179. The molecule has 0 saturated carbocycles. The van der Waals surface area contributed by atoms with Crippen molar-refractivity contribution in [2.24, 2.45) is 0 Å². The molecule has 2 nitrogen and oxygen atoms in total. The highest BCUT2D eigenvalue weighted by molar-refractivity contribution is 7.20. The van der Waals surface area contributed by atoms with Crippen molar-refractivity contribution in [3.8, 4) is 5.69 Å². The maximum Gasteiger partial charge on any atom is 0.0709 e. The van der Waals surface area contributed by atoms with Crippen LogP contribution in [-0.4, -0.2) is 9.55 Å². The van der Waals surface area contributed by atoms with Gasteiger partial charge in [0.2, 0.25) is 0 Å². The molecule has 0 spiro atoms. The van der Waals surface area contributed by atoms with Gasteiger partial charge in [0.05, 0.1) is 22.2 Å². The molecule has 4 heterocycles. The first-order valence-corrected chi connectivity index (χ1v) is 11.8. The highest BCUT2D eigenvalue weighted by atomic mass is 32.1. The summed E-state index contributed by atoms with van der Waals surface area (Å²) in [4.78, 5) is 6.14. The number of nitrogens with zero attached hydrogens (tertiary/aromatic N) is 2. The summed E-state index contributed by atoms with van der Waals surface area (Å²) in [6.07, 6.45) is 2.97. The number of benzene rings is 3. The molecule has 0 bridgehead atoms. The highest BCUT2D eigenvalue weighted by Crippen LogP contribution is 2.54. The number of para-hydroxylation sites is 1. The van der Waals surface area contributed by atoms with E-state index in [4.69, 9.17) is 0 Å². The predicted octanol–water partition coefficient (Wildman–Crippen LogP) is 7.88. The normalized spacial score (nSPS) is 17.8. The van der Waals surface area contributed by atoms with Gasteiger partial charge in [-0.05, 0) is 49.2 Å². The smallest absolute Gasteiger partial charge is 0.0709 e. The largest absolute Gasteiger partial charge is 0.307 e. The molecule has 3 aromatic heterocycles. The molecule has 1 unspecified atom stereocenters. The number of aromatic nitrogens is 2. The molecule has 0 saturated heterocycles. The predicted molar refractivity (Wildman–Crippen MR) is 133 cm³/mol. The summed E-state index contributed by atoms with van der Waals surface area (Å²) in [7, 11) is 0. The summed E-state index contributed by atoms with van der Waals surface area (Å²) in [5.41, 5.74) is 7.85. The minimum Gasteiger partial charge on any atom is -0.307 e. The van der Waals surface area contributed by atoms with Crippen molar-refractivity contribution in [3.63, 3.8) is 0 Å². The Morgan fingerprint density at radius 2 is 1.84 bits per heavy atom. The lowest BCUT2D eigenvalue weighted by Crippen LogP contribution is -2.27. The van der Waals surface area contributed by atoms with Crippen LogP contribution in [0.4, 0.5) is 0 Å². The topological polar surface area (TPSA) is 17.8 Å². The Bertz CT molecular complexity index is 1700. The van der Waals surface area contributed by atoms with E-state index >= 15 is 0 Å². The fourth-order valence-corrected chi connectivity index (χ4v) is 7.09. The summed E-state index contributed by atoms with van der Waals surface area (Å²) in [6.45, 7) is 6.95. The summed E-state index contributed by atoms with van der Waals surface area (Å²) >= 11 is 1.96. The second-order valence-corrected chi connectivity index (χ2v) is 10.1. The summed E-state index contributed by atoms with van der Waals surface area (Å²) in [5.74, 6) is 0. The zero-order chi connectivity index (χ0) is 20.9. The van der Waals surface area contributed by atoms with E-state index in [1.807, 2.05) is 17.5 Å². The monoisotopic (exact) mass is 418 g/mol. The zero-order valence-electron chi connectivity index (χ0n) is 17.9. The number of hydrogen-bond acceptors (Lipinski definition) is 2. The molecule has 31 heavy (non-hydrogen) atoms. The quantitative estimate of drug-likeness (QED) is 0.265. The lowest BCUT2D eigenvalue weighted by molar-refractivity contribution is 0.556. The van der Waals surface area contributed by atoms with Crippen LogP contribution in [-0.2, 0) is 5.41 Å². The van der Waals surface area contributed by atoms with Gasteiger partial charge in [0.15, 0.2) is 0 Å². The van der Waals surface area contributed by atoms with Gasteiger partial charge in [-0.25, -0.2) is 0 Å². The lowest BCUT2D eigenvalue weighted by Gasteiger charge is -2.34. The second-order valence-electron chi connectivity index (χ2n) is 9.03. The van der Waals surface area contributed by atoms with Crippen LogP contribution in [0, 0.1) is 6.92 Å². The number of aryl methyl sites for hydroxylation is 1. The molecule has 3 aromatic carbocycles. The van der Waals surface area contributed by atoms with Crippen molar-refractivity contribution >= 4 is 54.1 Å². The first kappa shape index (κ1) is 17.5.